The van der Waals surface area contributed by atoms with Gasteiger partial charge in [0.25, 0.3) is 0 Å². The number of hydrogen-bond acceptors (Lipinski definition) is 4. The number of nitrogens with zero attached hydrogens (tertiary/aromatic N) is 3. The summed E-state index contributed by atoms with van der Waals surface area (Å²) in [4.78, 5) is 21.2. The fourth-order valence-electron chi connectivity index (χ4n) is 3.86. The summed E-state index contributed by atoms with van der Waals surface area (Å²) in [6.07, 6.45) is 7.75. The monoisotopic (exact) mass is 316 g/mol. The first-order valence-electron chi connectivity index (χ1n) is 8.82. The van der Waals surface area contributed by atoms with Crippen LogP contribution in [0.1, 0.15) is 44.2 Å². The maximum absolute atomic E-state index is 12.5. The van der Waals surface area contributed by atoms with Gasteiger partial charge in [-0.25, -0.2) is 0 Å². The Morgan fingerprint density at radius 3 is 2.74 bits per heavy atom. The number of nitrogens with two attached hydrogens (primary N) is 1. The first-order chi connectivity index (χ1) is 11.1. The van der Waals surface area contributed by atoms with Crippen LogP contribution in [0, 0.1) is 5.92 Å². The Hall–Kier alpha value is -1.46. The maximum atomic E-state index is 12.5. The lowest BCUT2D eigenvalue weighted by molar-refractivity contribution is -0.134. The van der Waals surface area contributed by atoms with E-state index in [1.54, 1.807) is 6.20 Å². The van der Waals surface area contributed by atoms with Crippen molar-refractivity contribution >= 4 is 5.91 Å². The molecule has 1 aromatic rings. The van der Waals surface area contributed by atoms with Crippen molar-refractivity contribution in [3.05, 3.63) is 30.1 Å². The van der Waals surface area contributed by atoms with Crippen LogP contribution in [0.5, 0.6) is 0 Å². The second-order valence-electron chi connectivity index (χ2n) is 6.94. The highest BCUT2D eigenvalue weighted by Crippen LogP contribution is 2.28. The Labute approximate surface area is 138 Å². The van der Waals surface area contributed by atoms with Crippen LogP contribution in [0.2, 0.25) is 0 Å². The minimum absolute atomic E-state index is 0.228. The third kappa shape index (κ3) is 3.90. The number of hydrogen-bond donors (Lipinski definition) is 1. The molecule has 5 heteroatoms. The highest BCUT2D eigenvalue weighted by molar-refractivity contribution is 5.76. The Kier molecular flexibility index (Phi) is 5.28. The van der Waals surface area contributed by atoms with Gasteiger partial charge in [-0.1, -0.05) is 12.5 Å². The summed E-state index contributed by atoms with van der Waals surface area (Å²) in [5.74, 6) is 0.691. The van der Waals surface area contributed by atoms with Crippen molar-refractivity contribution in [1.82, 2.24) is 14.8 Å². The van der Waals surface area contributed by atoms with Gasteiger partial charge < -0.3 is 10.6 Å². The highest BCUT2D eigenvalue weighted by Gasteiger charge is 2.30. The third-order valence-electron chi connectivity index (χ3n) is 5.54. The molecule has 2 fully saturated rings. The minimum Gasteiger partial charge on any atom is -0.340 e. The average molecular weight is 316 g/mol. The number of aromatic nitrogens is 1. The van der Waals surface area contributed by atoms with E-state index in [0.29, 0.717) is 24.3 Å². The molecule has 1 unspecified atom stereocenters. The van der Waals surface area contributed by atoms with Crippen LogP contribution in [0.15, 0.2) is 24.5 Å². The van der Waals surface area contributed by atoms with E-state index in [-0.39, 0.29) is 6.04 Å². The van der Waals surface area contributed by atoms with E-state index in [1.807, 2.05) is 17.2 Å². The number of pyridine rings is 1. The lowest BCUT2D eigenvalue weighted by Gasteiger charge is -2.38. The molecule has 0 aromatic carbocycles. The number of piperazine rings is 1. The van der Waals surface area contributed by atoms with Crippen molar-refractivity contribution in [2.75, 3.05) is 26.2 Å². The fraction of sp³-hybridized carbons (Fsp3) is 0.667. The molecule has 1 saturated carbocycles. The van der Waals surface area contributed by atoms with E-state index in [0.717, 1.165) is 39.0 Å². The predicted octanol–water partition coefficient (Wildman–Crippen LogP) is 1.80. The van der Waals surface area contributed by atoms with Crippen molar-refractivity contribution in [3.63, 3.8) is 0 Å². The van der Waals surface area contributed by atoms with Crippen LogP contribution in [-0.4, -0.2) is 52.9 Å². The zero-order valence-electron chi connectivity index (χ0n) is 14.0. The van der Waals surface area contributed by atoms with Gasteiger partial charge in [-0.05, 0) is 37.3 Å². The second kappa shape index (κ2) is 7.41. The standard InChI is InChI=1S/C18H28N4O/c1-14(16-5-3-7-20-13-16)21-8-10-22(11-9-21)18(23)12-15-4-2-6-17(15)19/h3,5,7,13-15,17H,2,4,6,8-12,19H2,1H3/t14?,15-,17+/m0/s1. The molecule has 0 spiro atoms. The summed E-state index contributed by atoms with van der Waals surface area (Å²) in [5.41, 5.74) is 7.34. The summed E-state index contributed by atoms with van der Waals surface area (Å²) < 4.78 is 0. The van der Waals surface area contributed by atoms with E-state index < -0.39 is 0 Å². The van der Waals surface area contributed by atoms with Crippen molar-refractivity contribution in [3.8, 4) is 0 Å². The summed E-state index contributed by atoms with van der Waals surface area (Å²) in [6.45, 7) is 5.72. The van der Waals surface area contributed by atoms with Gasteiger partial charge in [0.05, 0.1) is 0 Å². The van der Waals surface area contributed by atoms with Gasteiger partial charge in [0.2, 0.25) is 5.91 Å². The molecular formula is C18H28N4O. The van der Waals surface area contributed by atoms with Crippen molar-refractivity contribution in [2.24, 2.45) is 11.7 Å². The summed E-state index contributed by atoms with van der Waals surface area (Å²) in [5, 5.41) is 0. The average Bonchev–Trinajstić information content (AvgIpc) is 3.00. The van der Waals surface area contributed by atoms with E-state index in [2.05, 4.69) is 22.9 Å². The maximum Gasteiger partial charge on any atom is 0.222 e. The molecule has 1 aliphatic carbocycles. The largest absolute Gasteiger partial charge is 0.340 e. The van der Waals surface area contributed by atoms with Gasteiger partial charge >= 0.3 is 0 Å². The van der Waals surface area contributed by atoms with E-state index in [4.69, 9.17) is 5.73 Å². The predicted molar refractivity (Wildman–Crippen MR) is 90.7 cm³/mol. The van der Waals surface area contributed by atoms with E-state index >= 15 is 0 Å². The molecule has 1 amide bonds. The minimum atomic E-state index is 0.228. The first-order valence-corrected chi connectivity index (χ1v) is 8.82. The Morgan fingerprint density at radius 1 is 1.35 bits per heavy atom. The second-order valence-corrected chi connectivity index (χ2v) is 6.94. The van der Waals surface area contributed by atoms with Crippen LogP contribution in [0.4, 0.5) is 0 Å². The summed E-state index contributed by atoms with van der Waals surface area (Å²) in [7, 11) is 0. The van der Waals surface area contributed by atoms with Crippen LogP contribution >= 0.6 is 0 Å². The van der Waals surface area contributed by atoms with E-state index in [9.17, 15) is 4.79 Å². The summed E-state index contributed by atoms with van der Waals surface area (Å²) in [6, 6.07) is 4.68. The fourth-order valence-corrected chi connectivity index (χ4v) is 3.86. The van der Waals surface area contributed by atoms with Crippen molar-refractivity contribution in [1.29, 1.82) is 0 Å². The Morgan fingerprint density at radius 2 is 2.13 bits per heavy atom. The van der Waals surface area contributed by atoms with Crippen LogP contribution < -0.4 is 5.73 Å². The van der Waals surface area contributed by atoms with Crippen molar-refractivity contribution in [2.45, 2.75) is 44.7 Å². The van der Waals surface area contributed by atoms with Crippen molar-refractivity contribution < 1.29 is 4.79 Å². The van der Waals surface area contributed by atoms with Gasteiger partial charge in [-0.15, -0.1) is 0 Å². The molecular weight excluding hydrogens is 288 g/mol. The molecule has 1 saturated heterocycles. The number of carbonyl (C=O) groups excluding carboxylic acids is 1. The quantitative estimate of drug-likeness (QED) is 0.920. The van der Waals surface area contributed by atoms with Gasteiger partial charge in [-0.3, -0.25) is 14.7 Å². The molecule has 5 nitrogen and oxygen atoms in total. The normalized spacial score (nSPS) is 27.1. The first kappa shape index (κ1) is 16.4. The molecule has 1 aromatic heterocycles. The zero-order valence-corrected chi connectivity index (χ0v) is 14.0. The Bertz CT molecular complexity index is 513. The Balaban J connectivity index is 1.49. The molecule has 23 heavy (non-hydrogen) atoms. The molecule has 0 bridgehead atoms. The lowest BCUT2D eigenvalue weighted by atomic mass is 9.99. The molecule has 3 rings (SSSR count). The van der Waals surface area contributed by atoms with Gasteiger partial charge in [0.1, 0.15) is 0 Å². The topological polar surface area (TPSA) is 62.5 Å². The number of amides is 1. The van der Waals surface area contributed by atoms with Gasteiger partial charge in [0.15, 0.2) is 0 Å². The van der Waals surface area contributed by atoms with Crippen LogP contribution in [0.25, 0.3) is 0 Å². The van der Waals surface area contributed by atoms with Gasteiger partial charge in [0, 0.05) is 57.1 Å². The van der Waals surface area contributed by atoms with Crippen LogP contribution in [-0.2, 0) is 4.79 Å². The SMILES string of the molecule is CC(c1cccnc1)N1CCN(C(=O)C[C@@H]2CCC[C@H]2N)CC1. The molecule has 3 atom stereocenters. The molecule has 2 aliphatic rings. The molecule has 2 heterocycles. The molecule has 1 aliphatic heterocycles. The highest BCUT2D eigenvalue weighted by atomic mass is 16.2. The third-order valence-corrected chi connectivity index (χ3v) is 5.54. The van der Waals surface area contributed by atoms with E-state index in [1.165, 1.54) is 12.0 Å². The number of rotatable bonds is 4. The zero-order chi connectivity index (χ0) is 16.2. The summed E-state index contributed by atoms with van der Waals surface area (Å²) >= 11 is 0. The molecule has 0 radical (unpaired) electrons. The smallest absolute Gasteiger partial charge is 0.222 e. The van der Waals surface area contributed by atoms with Crippen LogP contribution in [0.3, 0.4) is 0 Å². The lowest BCUT2D eigenvalue weighted by Crippen LogP contribution is -2.49. The molecule has 2 N–H and O–H groups in total. The number of carbonyl (C=O) groups is 1. The molecule has 126 valence electrons. The van der Waals surface area contributed by atoms with Gasteiger partial charge in [-0.2, -0.15) is 0 Å².